The van der Waals surface area contributed by atoms with Gasteiger partial charge in [-0.2, -0.15) is 5.10 Å². The Morgan fingerprint density at radius 3 is 2.68 bits per heavy atom. The number of halogens is 1. The zero-order valence-electron chi connectivity index (χ0n) is 12.4. The molecule has 0 N–H and O–H groups in total. The molecule has 22 heavy (non-hydrogen) atoms. The summed E-state index contributed by atoms with van der Waals surface area (Å²) in [4.78, 5) is 0. The summed E-state index contributed by atoms with van der Waals surface area (Å²) in [6, 6.07) is 5.89. The minimum atomic E-state index is -3.24. The Hall–Kier alpha value is -1.30. The van der Waals surface area contributed by atoms with E-state index in [1.165, 1.54) is 34.4 Å². The number of hydrogen-bond acceptors (Lipinski definition) is 5. The van der Waals surface area contributed by atoms with Crippen molar-refractivity contribution in [3.8, 4) is 11.4 Å². The van der Waals surface area contributed by atoms with Gasteiger partial charge < -0.3 is 4.52 Å². The minimum Gasteiger partial charge on any atom is -0.414 e. The fraction of sp³-hybridized carbons (Fsp3) is 0.357. The molecule has 0 radical (unpaired) electrons. The van der Waals surface area contributed by atoms with Crippen LogP contribution in [0, 0.1) is 5.82 Å². The van der Waals surface area contributed by atoms with E-state index in [2.05, 4.69) is 5.10 Å². The van der Waals surface area contributed by atoms with Crippen molar-refractivity contribution in [1.82, 2.24) is 9.78 Å². The maximum Gasteiger partial charge on any atom is 0.440 e. The van der Waals surface area contributed by atoms with Crippen LogP contribution >= 0.6 is 18.2 Å². The molecule has 8 heteroatoms. The fourth-order valence-corrected chi connectivity index (χ4v) is 5.10. The lowest BCUT2D eigenvalue weighted by Gasteiger charge is -2.15. The second-order valence-electron chi connectivity index (χ2n) is 4.39. The first-order chi connectivity index (χ1) is 10.6. The van der Waals surface area contributed by atoms with Gasteiger partial charge in [-0.15, -0.1) is 0 Å². The molecule has 120 valence electrons. The number of benzene rings is 1. The molecule has 1 unspecified atom stereocenters. The van der Waals surface area contributed by atoms with Crippen LogP contribution in [0.3, 0.4) is 0 Å². The molecule has 0 saturated carbocycles. The van der Waals surface area contributed by atoms with Gasteiger partial charge in [-0.3, -0.25) is 4.52 Å². The van der Waals surface area contributed by atoms with E-state index in [0.29, 0.717) is 23.8 Å². The summed E-state index contributed by atoms with van der Waals surface area (Å²) in [6.45, 7) is 0.829. The first kappa shape index (κ1) is 17.1. The number of hydrogen-bond donors (Lipinski definition) is 0. The Labute approximate surface area is 133 Å². The third-order valence-electron chi connectivity index (χ3n) is 2.61. The van der Waals surface area contributed by atoms with E-state index >= 15 is 0 Å². The molecule has 1 heterocycles. The largest absolute Gasteiger partial charge is 0.440 e. The van der Waals surface area contributed by atoms with Crippen LogP contribution in [0.5, 0.6) is 5.75 Å². The van der Waals surface area contributed by atoms with Gasteiger partial charge in [0.25, 0.3) is 0 Å². The SMILES string of the molecule is CCCSP(=O)(OCC)Oc1cnn(-c2ccc(F)cc2)c1. The smallest absolute Gasteiger partial charge is 0.414 e. The molecule has 2 rings (SSSR count). The summed E-state index contributed by atoms with van der Waals surface area (Å²) in [5.74, 6) is 0.720. The predicted octanol–water partition coefficient (Wildman–Crippen LogP) is 4.68. The van der Waals surface area contributed by atoms with Crippen molar-refractivity contribution in [1.29, 1.82) is 0 Å². The standard InChI is InChI=1S/C14H18FN2O3PS/c1-3-9-22-21(18,19-4-2)20-14-10-16-17(11-14)13-7-5-12(15)6-8-13/h5-8,10-11H,3-4,9H2,1-2H3. The highest BCUT2D eigenvalue weighted by Crippen LogP contribution is 2.60. The lowest BCUT2D eigenvalue weighted by atomic mass is 10.3. The van der Waals surface area contributed by atoms with Crippen LogP contribution in [-0.2, 0) is 9.09 Å². The predicted molar refractivity (Wildman–Crippen MR) is 86.1 cm³/mol. The highest BCUT2D eigenvalue weighted by Gasteiger charge is 2.27. The van der Waals surface area contributed by atoms with Gasteiger partial charge in [0.15, 0.2) is 5.75 Å². The lowest BCUT2D eigenvalue weighted by Crippen LogP contribution is -1.96. The summed E-state index contributed by atoms with van der Waals surface area (Å²) in [6.07, 6.45) is 3.92. The fourth-order valence-electron chi connectivity index (χ4n) is 1.67. The normalized spacial score (nSPS) is 13.8. The molecule has 0 aliphatic heterocycles. The van der Waals surface area contributed by atoms with E-state index < -0.39 is 6.80 Å². The van der Waals surface area contributed by atoms with E-state index in [1.54, 1.807) is 25.3 Å². The number of aromatic nitrogens is 2. The Kier molecular flexibility index (Phi) is 6.06. The van der Waals surface area contributed by atoms with Gasteiger partial charge in [0.05, 0.1) is 24.7 Å². The van der Waals surface area contributed by atoms with Gasteiger partial charge in [0.2, 0.25) is 0 Å². The molecular formula is C14H18FN2O3PS. The molecule has 0 bridgehead atoms. The summed E-state index contributed by atoms with van der Waals surface area (Å²) in [5.41, 5.74) is 0.684. The molecule has 1 aromatic carbocycles. The Morgan fingerprint density at radius 2 is 2.05 bits per heavy atom. The van der Waals surface area contributed by atoms with Crippen LogP contribution in [0.1, 0.15) is 20.3 Å². The average Bonchev–Trinajstić information content (AvgIpc) is 2.94. The molecule has 1 aromatic heterocycles. The first-order valence-corrected chi connectivity index (χ1v) is 10.1. The maximum absolute atomic E-state index is 12.9. The Balaban J connectivity index is 2.12. The molecule has 0 fully saturated rings. The van der Waals surface area contributed by atoms with Gasteiger partial charge >= 0.3 is 6.80 Å². The van der Waals surface area contributed by atoms with Crippen LogP contribution in [0.4, 0.5) is 4.39 Å². The zero-order chi connectivity index (χ0) is 16.0. The van der Waals surface area contributed by atoms with Crippen molar-refractivity contribution in [2.75, 3.05) is 12.4 Å². The van der Waals surface area contributed by atoms with E-state index in [4.69, 9.17) is 9.05 Å². The van der Waals surface area contributed by atoms with Gasteiger partial charge in [-0.25, -0.2) is 13.6 Å². The topological polar surface area (TPSA) is 53.4 Å². The number of rotatable bonds is 8. The van der Waals surface area contributed by atoms with E-state index in [-0.39, 0.29) is 5.82 Å². The highest BCUT2D eigenvalue weighted by molar-refractivity contribution is 8.55. The molecule has 0 aliphatic carbocycles. The van der Waals surface area contributed by atoms with Crippen LogP contribution in [0.15, 0.2) is 36.7 Å². The van der Waals surface area contributed by atoms with E-state index in [1.807, 2.05) is 6.92 Å². The average molecular weight is 344 g/mol. The zero-order valence-corrected chi connectivity index (χ0v) is 14.1. The molecule has 1 atom stereocenters. The van der Waals surface area contributed by atoms with Crippen LogP contribution in [-0.4, -0.2) is 22.1 Å². The second-order valence-corrected chi connectivity index (χ2v) is 8.50. The first-order valence-electron chi connectivity index (χ1n) is 6.95. The molecule has 5 nitrogen and oxygen atoms in total. The summed E-state index contributed by atoms with van der Waals surface area (Å²) in [5, 5.41) is 4.12. The third-order valence-corrected chi connectivity index (χ3v) is 6.56. The van der Waals surface area contributed by atoms with Crippen LogP contribution in [0.25, 0.3) is 5.69 Å². The van der Waals surface area contributed by atoms with E-state index in [0.717, 1.165) is 6.42 Å². The van der Waals surface area contributed by atoms with Crippen molar-refractivity contribution in [2.24, 2.45) is 0 Å². The summed E-state index contributed by atoms with van der Waals surface area (Å²) >= 11 is 1.17. The van der Waals surface area contributed by atoms with E-state index in [9.17, 15) is 8.96 Å². The molecule has 0 amide bonds. The quantitative estimate of drug-likeness (QED) is 0.651. The molecular weight excluding hydrogens is 326 g/mol. The third kappa shape index (κ3) is 4.60. The number of nitrogens with zero attached hydrogens (tertiary/aromatic N) is 2. The van der Waals surface area contributed by atoms with Crippen molar-refractivity contribution in [2.45, 2.75) is 20.3 Å². The van der Waals surface area contributed by atoms with Gasteiger partial charge in [-0.05, 0) is 49.0 Å². The van der Waals surface area contributed by atoms with Crippen molar-refractivity contribution >= 4 is 18.2 Å². The van der Waals surface area contributed by atoms with Gasteiger partial charge in [-0.1, -0.05) is 6.92 Å². The Morgan fingerprint density at radius 1 is 1.32 bits per heavy atom. The van der Waals surface area contributed by atoms with Gasteiger partial charge in [0, 0.05) is 5.75 Å². The second kappa shape index (κ2) is 7.81. The van der Waals surface area contributed by atoms with Crippen molar-refractivity contribution in [3.05, 3.63) is 42.5 Å². The molecule has 0 spiro atoms. The molecule has 2 aromatic rings. The molecule has 0 saturated heterocycles. The van der Waals surface area contributed by atoms with Crippen LogP contribution in [0.2, 0.25) is 0 Å². The highest BCUT2D eigenvalue weighted by atomic mass is 32.7. The van der Waals surface area contributed by atoms with Crippen molar-refractivity contribution < 1.29 is 18.0 Å². The molecule has 0 aliphatic rings. The minimum absolute atomic E-state index is 0.306. The van der Waals surface area contributed by atoms with Crippen molar-refractivity contribution in [3.63, 3.8) is 0 Å². The summed E-state index contributed by atoms with van der Waals surface area (Å²) < 4.78 is 37.8. The van der Waals surface area contributed by atoms with Crippen LogP contribution < -0.4 is 4.52 Å². The monoisotopic (exact) mass is 344 g/mol. The maximum atomic E-state index is 12.9. The van der Waals surface area contributed by atoms with Gasteiger partial charge in [0.1, 0.15) is 5.82 Å². The lowest BCUT2D eigenvalue weighted by molar-refractivity contribution is 0.296. The Bertz CT molecular complexity index is 648. The summed E-state index contributed by atoms with van der Waals surface area (Å²) in [7, 11) is 0.